The number of anilines is 1. The van der Waals surface area contributed by atoms with Crippen LogP contribution in [0.4, 0.5) is 5.69 Å². The summed E-state index contributed by atoms with van der Waals surface area (Å²) in [5.41, 5.74) is 4.74. The van der Waals surface area contributed by atoms with Gasteiger partial charge in [-0.3, -0.25) is 0 Å². The van der Waals surface area contributed by atoms with Crippen molar-refractivity contribution >= 4 is 43.2 Å². The van der Waals surface area contributed by atoms with Crippen molar-refractivity contribution in [1.82, 2.24) is 4.98 Å². The van der Waals surface area contributed by atoms with E-state index < -0.39 is 6.10 Å². The second kappa shape index (κ2) is 5.91. The third kappa shape index (κ3) is 3.00. The molecule has 0 radical (unpaired) electrons. The van der Waals surface area contributed by atoms with Gasteiger partial charge in [0, 0.05) is 16.7 Å². The predicted octanol–water partition coefficient (Wildman–Crippen LogP) is 4.20. The molecular formula is C15H13BrN2OS. The normalized spacial score (nSPS) is 12.5. The van der Waals surface area contributed by atoms with Gasteiger partial charge in [-0.1, -0.05) is 28.1 Å². The predicted molar refractivity (Wildman–Crippen MR) is 87.2 cm³/mol. The second-order valence-corrected chi connectivity index (χ2v) is 6.29. The first-order valence-corrected chi connectivity index (χ1v) is 7.90. The fraction of sp³-hybridized carbons (Fsp3) is 0.133. The average Bonchev–Trinajstić information content (AvgIpc) is 2.92. The number of hydrogen-bond acceptors (Lipinski definition) is 4. The Balaban J connectivity index is 1.69. The SMILES string of the molecule is OC(CNc1ccc2ncsc2c1)c1cccc(Br)c1. The molecule has 3 rings (SSSR count). The molecule has 1 heterocycles. The maximum Gasteiger partial charge on any atom is 0.0962 e. The van der Waals surface area contributed by atoms with E-state index >= 15 is 0 Å². The number of nitrogens with one attached hydrogen (secondary N) is 1. The summed E-state index contributed by atoms with van der Waals surface area (Å²) in [7, 11) is 0. The molecule has 5 heteroatoms. The molecule has 0 amide bonds. The van der Waals surface area contributed by atoms with Gasteiger partial charge < -0.3 is 10.4 Å². The van der Waals surface area contributed by atoms with E-state index in [1.807, 2.05) is 41.9 Å². The average molecular weight is 349 g/mol. The zero-order valence-electron chi connectivity index (χ0n) is 10.6. The number of hydrogen-bond donors (Lipinski definition) is 2. The number of nitrogens with zero attached hydrogens (tertiary/aromatic N) is 1. The van der Waals surface area contributed by atoms with Crippen LogP contribution in [-0.2, 0) is 0 Å². The largest absolute Gasteiger partial charge is 0.387 e. The second-order valence-electron chi connectivity index (χ2n) is 4.49. The molecule has 1 atom stereocenters. The zero-order chi connectivity index (χ0) is 13.9. The van der Waals surface area contributed by atoms with Gasteiger partial charge in [0.25, 0.3) is 0 Å². The summed E-state index contributed by atoms with van der Waals surface area (Å²) in [4.78, 5) is 4.25. The number of halogens is 1. The minimum Gasteiger partial charge on any atom is -0.387 e. The summed E-state index contributed by atoms with van der Waals surface area (Å²) < 4.78 is 2.12. The van der Waals surface area contributed by atoms with Gasteiger partial charge in [-0.2, -0.15) is 0 Å². The Morgan fingerprint density at radius 1 is 1.25 bits per heavy atom. The van der Waals surface area contributed by atoms with E-state index in [2.05, 4.69) is 32.3 Å². The van der Waals surface area contributed by atoms with Gasteiger partial charge in [-0.05, 0) is 35.9 Å². The number of benzene rings is 2. The Labute approximate surface area is 129 Å². The first-order chi connectivity index (χ1) is 9.72. The highest BCUT2D eigenvalue weighted by molar-refractivity contribution is 9.10. The molecule has 102 valence electrons. The van der Waals surface area contributed by atoms with E-state index in [4.69, 9.17) is 0 Å². The van der Waals surface area contributed by atoms with E-state index in [1.165, 1.54) is 0 Å². The third-order valence-electron chi connectivity index (χ3n) is 3.06. The van der Waals surface area contributed by atoms with Crippen LogP contribution in [0.1, 0.15) is 11.7 Å². The first-order valence-electron chi connectivity index (χ1n) is 6.23. The van der Waals surface area contributed by atoms with Crippen molar-refractivity contribution in [3.8, 4) is 0 Å². The molecule has 0 aliphatic rings. The van der Waals surface area contributed by atoms with Crippen LogP contribution < -0.4 is 5.32 Å². The van der Waals surface area contributed by atoms with Gasteiger partial charge in [-0.15, -0.1) is 11.3 Å². The molecule has 0 spiro atoms. The maximum atomic E-state index is 10.2. The summed E-state index contributed by atoms with van der Waals surface area (Å²) in [6.45, 7) is 0.473. The monoisotopic (exact) mass is 348 g/mol. The Morgan fingerprint density at radius 2 is 2.15 bits per heavy atom. The van der Waals surface area contributed by atoms with E-state index in [-0.39, 0.29) is 0 Å². The van der Waals surface area contributed by atoms with Crippen molar-refractivity contribution in [2.75, 3.05) is 11.9 Å². The summed E-state index contributed by atoms with van der Waals surface area (Å²) in [6.07, 6.45) is -0.537. The number of rotatable bonds is 4. The highest BCUT2D eigenvalue weighted by Gasteiger charge is 2.08. The fourth-order valence-electron chi connectivity index (χ4n) is 2.01. The molecule has 3 nitrogen and oxygen atoms in total. The van der Waals surface area contributed by atoms with Crippen LogP contribution in [0, 0.1) is 0 Å². The molecule has 0 aliphatic carbocycles. The van der Waals surface area contributed by atoms with Gasteiger partial charge in [0.05, 0.1) is 21.8 Å². The standard InChI is InChI=1S/C15H13BrN2OS/c16-11-3-1-2-10(6-11)14(19)8-17-12-4-5-13-15(7-12)20-9-18-13/h1-7,9,14,17,19H,8H2. The molecule has 1 aromatic heterocycles. The fourth-order valence-corrected chi connectivity index (χ4v) is 3.14. The Morgan fingerprint density at radius 3 is 3.00 bits per heavy atom. The quantitative estimate of drug-likeness (QED) is 0.742. The van der Waals surface area contributed by atoms with Crippen molar-refractivity contribution in [3.63, 3.8) is 0 Å². The minimum atomic E-state index is -0.537. The summed E-state index contributed by atoms with van der Waals surface area (Å²) >= 11 is 5.03. The van der Waals surface area contributed by atoms with Crippen LogP contribution in [0.25, 0.3) is 10.2 Å². The van der Waals surface area contributed by atoms with Gasteiger partial charge in [0.1, 0.15) is 0 Å². The molecule has 0 saturated carbocycles. The number of aliphatic hydroxyl groups is 1. The maximum absolute atomic E-state index is 10.2. The molecular weight excluding hydrogens is 336 g/mol. The molecule has 2 aromatic carbocycles. The summed E-state index contributed by atoms with van der Waals surface area (Å²) in [5, 5.41) is 13.4. The lowest BCUT2D eigenvalue weighted by Gasteiger charge is -2.13. The van der Waals surface area contributed by atoms with Crippen molar-refractivity contribution in [1.29, 1.82) is 0 Å². The van der Waals surface area contributed by atoms with Gasteiger partial charge in [0.15, 0.2) is 0 Å². The first kappa shape index (κ1) is 13.5. The van der Waals surface area contributed by atoms with Crippen LogP contribution in [0.5, 0.6) is 0 Å². The zero-order valence-corrected chi connectivity index (χ0v) is 13.0. The van der Waals surface area contributed by atoms with Crippen LogP contribution >= 0.6 is 27.3 Å². The third-order valence-corrected chi connectivity index (χ3v) is 4.35. The van der Waals surface area contributed by atoms with Crippen LogP contribution in [0.2, 0.25) is 0 Å². The van der Waals surface area contributed by atoms with Crippen LogP contribution in [-0.4, -0.2) is 16.6 Å². The molecule has 0 fully saturated rings. The van der Waals surface area contributed by atoms with Crippen molar-refractivity contribution in [2.24, 2.45) is 0 Å². The Hall–Kier alpha value is -1.43. The van der Waals surface area contributed by atoms with Gasteiger partial charge >= 0.3 is 0 Å². The number of fused-ring (bicyclic) bond motifs is 1. The number of aliphatic hydroxyl groups excluding tert-OH is 1. The molecule has 1 unspecified atom stereocenters. The minimum absolute atomic E-state index is 0.473. The van der Waals surface area contributed by atoms with Crippen LogP contribution in [0.3, 0.4) is 0 Å². The molecule has 3 aromatic rings. The smallest absolute Gasteiger partial charge is 0.0962 e. The van der Waals surface area contributed by atoms with E-state index in [0.29, 0.717) is 6.54 Å². The number of thiazole rings is 1. The van der Waals surface area contributed by atoms with Crippen molar-refractivity contribution in [2.45, 2.75) is 6.10 Å². The molecule has 0 saturated heterocycles. The van der Waals surface area contributed by atoms with Gasteiger partial charge in [0.2, 0.25) is 0 Å². The molecule has 0 bridgehead atoms. The lowest BCUT2D eigenvalue weighted by Crippen LogP contribution is -2.12. The molecule has 0 aliphatic heterocycles. The topological polar surface area (TPSA) is 45.1 Å². The van der Waals surface area contributed by atoms with E-state index in [9.17, 15) is 5.11 Å². The molecule has 20 heavy (non-hydrogen) atoms. The summed E-state index contributed by atoms with van der Waals surface area (Å²) in [5.74, 6) is 0. The number of aromatic nitrogens is 1. The van der Waals surface area contributed by atoms with Crippen LogP contribution in [0.15, 0.2) is 52.4 Å². The lowest BCUT2D eigenvalue weighted by atomic mass is 10.1. The Kier molecular flexibility index (Phi) is 4.00. The lowest BCUT2D eigenvalue weighted by molar-refractivity contribution is 0.191. The van der Waals surface area contributed by atoms with Gasteiger partial charge in [-0.25, -0.2) is 4.98 Å². The van der Waals surface area contributed by atoms with E-state index in [0.717, 1.165) is 25.9 Å². The van der Waals surface area contributed by atoms with Crippen molar-refractivity contribution in [3.05, 3.63) is 58.0 Å². The summed E-state index contributed by atoms with van der Waals surface area (Å²) in [6, 6.07) is 13.7. The Bertz CT molecular complexity index is 728. The highest BCUT2D eigenvalue weighted by atomic mass is 79.9. The highest BCUT2D eigenvalue weighted by Crippen LogP contribution is 2.23. The van der Waals surface area contributed by atoms with E-state index in [1.54, 1.807) is 11.3 Å². The molecule has 2 N–H and O–H groups in total. The van der Waals surface area contributed by atoms with Crippen molar-refractivity contribution < 1.29 is 5.11 Å².